The first-order chi connectivity index (χ1) is 14.2. The number of aryl methyl sites for hydroxylation is 1. The number of hydrogen-bond acceptors (Lipinski definition) is 6. The number of thiazole rings is 1. The highest BCUT2D eigenvalue weighted by Gasteiger charge is 2.29. The Morgan fingerprint density at radius 3 is 2.43 bits per heavy atom. The van der Waals surface area contributed by atoms with Gasteiger partial charge in [0.05, 0.1) is 41.7 Å². The maximum Gasteiger partial charge on any atom is 0.232 e. The van der Waals surface area contributed by atoms with Crippen molar-refractivity contribution in [3.8, 4) is 22.2 Å². The molecule has 5 nitrogen and oxygen atoms in total. The molecule has 1 unspecified atom stereocenters. The molecule has 2 aromatic carbocycles. The standard InChI is InChI=1S/C23H24FN3O2S/c1-12-7-15(19-16(8-12)26-18(29-6)11-25-19)22-27-20-14(21(24)23(2,3)4)9-13(28-5)10-17(20)30-22/h7-11,21H,1-6H3. The van der Waals surface area contributed by atoms with Crippen LogP contribution in [0.25, 0.3) is 31.8 Å². The number of methoxy groups -OCH3 is 2. The minimum Gasteiger partial charge on any atom is -0.497 e. The highest BCUT2D eigenvalue weighted by molar-refractivity contribution is 7.21. The number of benzene rings is 2. The van der Waals surface area contributed by atoms with E-state index in [0.717, 1.165) is 31.9 Å². The van der Waals surface area contributed by atoms with Crippen LogP contribution in [0, 0.1) is 12.3 Å². The average molecular weight is 426 g/mol. The molecule has 30 heavy (non-hydrogen) atoms. The van der Waals surface area contributed by atoms with Crippen molar-refractivity contribution in [1.82, 2.24) is 15.0 Å². The van der Waals surface area contributed by atoms with E-state index in [1.807, 2.05) is 45.9 Å². The fraction of sp³-hybridized carbons (Fsp3) is 0.348. The van der Waals surface area contributed by atoms with Crippen LogP contribution in [0.15, 0.2) is 30.5 Å². The predicted octanol–water partition coefficient (Wildman–Crippen LogP) is 6.29. The topological polar surface area (TPSA) is 57.1 Å². The highest BCUT2D eigenvalue weighted by atomic mass is 32.1. The van der Waals surface area contributed by atoms with Gasteiger partial charge in [0, 0.05) is 11.1 Å². The van der Waals surface area contributed by atoms with Crippen molar-refractivity contribution in [2.45, 2.75) is 33.9 Å². The van der Waals surface area contributed by atoms with Crippen molar-refractivity contribution in [2.24, 2.45) is 5.41 Å². The largest absolute Gasteiger partial charge is 0.497 e. The minimum atomic E-state index is -1.18. The van der Waals surface area contributed by atoms with E-state index in [2.05, 4.69) is 9.97 Å². The van der Waals surface area contributed by atoms with Crippen LogP contribution in [0.5, 0.6) is 11.6 Å². The molecule has 156 valence electrons. The van der Waals surface area contributed by atoms with Crippen LogP contribution in [0.1, 0.15) is 38.1 Å². The van der Waals surface area contributed by atoms with Crippen LogP contribution in [-0.4, -0.2) is 29.2 Å². The zero-order valence-corrected chi connectivity index (χ0v) is 18.7. The molecule has 4 rings (SSSR count). The number of ether oxygens (including phenoxy) is 2. The van der Waals surface area contributed by atoms with Gasteiger partial charge in [-0.2, -0.15) is 0 Å². The van der Waals surface area contributed by atoms with E-state index in [0.29, 0.717) is 22.7 Å². The highest BCUT2D eigenvalue weighted by Crippen LogP contribution is 2.44. The molecule has 0 amide bonds. The molecule has 0 N–H and O–H groups in total. The molecule has 0 fully saturated rings. The summed E-state index contributed by atoms with van der Waals surface area (Å²) in [4.78, 5) is 13.9. The molecule has 4 aromatic rings. The van der Waals surface area contributed by atoms with Crippen molar-refractivity contribution in [1.29, 1.82) is 0 Å². The lowest BCUT2D eigenvalue weighted by molar-refractivity contribution is 0.166. The Bertz CT molecular complexity index is 1250. The second-order valence-corrected chi connectivity index (χ2v) is 9.43. The lowest BCUT2D eigenvalue weighted by Crippen LogP contribution is -2.14. The van der Waals surface area contributed by atoms with Gasteiger partial charge in [0.25, 0.3) is 0 Å². The lowest BCUT2D eigenvalue weighted by atomic mass is 9.85. The molecule has 0 saturated carbocycles. The number of fused-ring (bicyclic) bond motifs is 2. The van der Waals surface area contributed by atoms with Crippen molar-refractivity contribution in [3.63, 3.8) is 0 Å². The van der Waals surface area contributed by atoms with Crippen molar-refractivity contribution in [2.75, 3.05) is 14.2 Å². The van der Waals surface area contributed by atoms with Crippen LogP contribution in [0.2, 0.25) is 0 Å². The Labute approximate surface area is 178 Å². The molecule has 0 saturated heterocycles. The maximum atomic E-state index is 15.4. The number of rotatable bonds is 4. The van der Waals surface area contributed by atoms with Gasteiger partial charge in [0.15, 0.2) is 0 Å². The van der Waals surface area contributed by atoms with E-state index >= 15 is 4.39 Å². The SMILES string of the molecule is COc1cc(C(F)C(C)(C)C)c2nc(-c3cc(C)cc4nc(OC)cnc34)sc2c1. The van der Waals surface area contributed by atoms with E-state index < -0.39 is 11.6 Å². The zero-order valence-electron chi connectivity index (χ0n) is 17.9. The summed E-state index contributed by atoms with van der Waals surface area (Å²) >= 11 is 1.50. The van der Waals surface area contributed by atoms with Gasteiger partial charge in [0.2, 0.25) is 5.88 Å². The Morgan fingerprint density at radius 1 is 1.00 bits per heavy atom. The summed E-state index contributed by atoms with van der Waals surface area (Å²) in [5.74, 6) is 1.08. The van der Waals surface area contributed by atoms with E-state index in [1.165, 1.54) is 11.3 Å². The summed E-state index contributed by atoms with van der Waals surface area (Å²) < 4.78 is 26.9. The summed E-state index contributed by atoms with van der Waals surface area (Å²) in [6, 6.07) is 7.66. The summed E-state index contributed by atoms with van der Waals surface area (Å²) in [5.41, 5.74) is 4.04. The van der Waals surface area contributed by atoms with Crippen LogP contribution in [0.4, 0.5) is 4.39 Å². The molecule has 2 heterocycles. The minimum absolute atomic E-state index is 0.459. The first-order valence-corrected chi connectivity index (χ1v) is 10.5. The third-order valence-electron chi connectivity index (χ3n) is 4.98. The number of hydrogen-bond donors (Lipinski definition) is 0. The average Bonchev–Trinajstić information content (AvgIpc) is 3.14. The summed E-state index contributed by atoms with van der Waals surface area (Å²) in [6.07, 6.45) is 0.420. The second-order valence-electron chi connectivity index (χ2n) is 8.40. The van der Waals surface area contributed by atoms with Crippen LogP contribution >= 0.6 is 11.3 Å². The Kier molecular flexibility index (Phi) is 5.10. The number of halogens is 1. The normalized spacial score (nSPS) is 13.0. The second kappa shape index (κ2) is 7.47. The fourth-order valence-electron chi connectivity index (χ4n) is 3.43. The molecule has 7 heteroatoms. The molecular weight excluding hydrogens is 401 g/mol. The summed E-state index contributed by atoms with van der Waals surface area (Å²) in [5, 5.41) is 0.772. The van der Waals surface area contributed by atoms with E-state index in [4.69, 9.17) is 14.5 Å². The van der Waals surface area contributed by atoms with Crippen molar-refractivity contribution < 1.29 is 13.9 Å². The monoisotopic (exact) mass is 425 g/mol. The van der Waals surface area contributed by atoms with Gasteiger partial charge in [0.1, 0.15) is 16.9 Å². The first-order valence-electron chi connectivity index (χ1n) is 9.65. The molecule has 0 aliphatic carbocycles. The van der Waals surface area contributed by atoms with Crippen LogP contribution in [-0.2, 0) is 0 Å². The van der Waals surface area contributed by atoms with Crippen molar-refractivity contribution >= 4 is 32.6 Å². The van der Waals surface area contributed by atoms with Gasteiger partial charge in [-0.15, -0.1) is 11.3 Å². The molecule has 0 bridgehead atoms. The smallest absolute Gasteiger partial charge is 0.232 e. The molecule has 0 spiro atoms. The Balaban J connectivity index is 1.97. The quantitative estimate of drug-likeness (QED) is 0.385. The van der Waals surface area contributed by atoms with Gasteiger partial charge < -0.3 is 9.47 Å². The fourth-order valence-corrected chi connectivity index (χ4v) is 4.48. The van der Waals surface area contributed by atoms with Crippen LogP contribution in [0.3, 0.4) is 0 Å². The van der Waals surface area contributed by atoms with Gasteiger partial charge >= 0.3 is 0 Å². The third-order valence-corrected chi connectivity index (χ3v) is 6.01. The van der Waals surface area contributed by atoms with E-state index in [9.17, 15) is 0 Å². The zero-order chi connectivity index (χ0) is 21.6. The van der Waals surface area contributed by atoms with Gasteiger partial charge in [-0.05, 0) is 42.2 Å². The Morgan fingerprint density at radius 2 is 1.77 bits per heavy atom. The lowest BCUT2D eigenvalue weighted by Gasteiger charge is -2.24. The van der Waals surface area contributed by atoms with Crippen LogP contribution < -0.4 is 9.47 Å². The molecule has 0 radical (unpaired) electrons. The number of aromatic nitrogens is 3. The van der Waals surface area contributed by atoms with Gasteiger partial charge in [-0.3, -0.25) is 0 Å². The molecule has 0 aliphatic rings. The summed E-state index contributed by atoms with van der Waals surface area (Å²) in [7, 11) is 3.16. The van der Waals surface area contributed by atoms with Crippen molar-refractivity contribution in [3.05, 3.63) is 41.6 Å². The number of alkyl halides is 1. The molecular formula is C23H24FN3O2S. The van der Waals surface area contributed by atoms with Gasteiger partial charge in [-0.25, -0.2) is 19.3 Å². The predicted molar refractivity (Wildman–Crippen MR) is 119 cm³/mol. The Hall–Kier alpha value is -2.80. The third kappa shape index (κ3) is 3.58. The van der Waals surface area contributed by atoms with Gasteiger partial charge in [-0.1, -0.05) is 20.8 Å². The maximum absolute atomic E-state index is 15.4. The van der Waals surface area contributed by atoms with E-state index in [-0.39, 0.29) is 0 Å². The number of nitrogens with zero attached hydrogens (tertiary/aromatic N) is 3. The first kappa shape index (κ1) is 20.5. The molecule has 1 atom stereocenters. The molecule has 0 aliphatic heterocycles. The molecule has 2 aromatic heterocycles. The summed E-state index contributed by atoms with van der Waals surface area (Å²) in [6.45, 7) is 7.65. The van der Waals surface area contributed by atoms with E-state index in [1.54, 1.807) is 26.5 Å².